The summed E-state index contributed by atoms with van der Waals surface area (Å²) in [4.78, 5) is 4.38. The second-order valence-electron chi connectivity index (χ2n) is 5.23. The van der Waals surface area contributed by atoms with Crippen molar-refractivity contribution >= 4 is 46.7 Å². The molecule has 128 valence electrons. The van der Waals surface area contributed by atoms with Gasteiger partial charge in [-0.2, -0.15) is 0 Å². The Bertz CT molecular complexity index is 747. The number of rotatable bonds is 6. The predicted molar refractivity (Wildman–Crippen MR) is 102 cm³/mol. The quantitative estimate of drug-likeness (QED) is 0.525. The Kier molecular flexibility index (Phi) is 6.79. The normalized spacial score (nSPS) is 12.4. The first-order chi connectivity index (χ1) is 11.4. The molecule has 0 saturated carbocycles. The summed E-state index contributed by atoms with van der Waals surface area (Å²) in [5, 5.41) is 1.43. The monoisotopic (exact) mass is 385 g/mol. The van der Waals surface area contributed by atoms with Gasteiger partial charge < -0.3 is 9.47 Å². The van der Waals surface area contributed by atoms with E-state index in [1.165, 1.54) is 0 Å². The number of hydrogen-bond acceptors (Lipinski definition) is 3. The zero-order valence-corrected chi connectivity index (χ0v) is 15.9. The van der Waals surface area contributed by atoms with Gasteiger partial charge in [0.05, 0.1) is 34.0 Å². The van der Waals surface area contributed by atoms with Gasteiger partial charge in [-0.15, -0.1) is 0 Å². The topological polar surface area (TPSA) is 30.8 Å². The van der Waals surface area contributed by atoms with Crippen molar-refractivity contribution < 1.29 is 9.47 Å². The minimum atomic E-state index is 0.0483. The summed E-state index contributed by atoms with van der Waals surface area (Å²) in [6, 6.07) is 8.78. The Hall–Kier alpha value is -1.42. The third-order valence-electron chi connectivity index (χ3n) is 3.41. The first-order valence-electron chi connectivity index (χ1n) is 7.48. The second kappa shape index (κ2) is 8.61. The van der Waals surface area contributed by atoms with Crippen LogP contribution < -0.4 is 9.47 Å². The van der Waals surface area contributed by atoms with Crippen molar-refractivity contribution in [3.05, 3.63) is 51.0 Å². The highest BCUT2D eigenvalue weighted by molar-refractivity contribution is 6.42. The molecule has 2 aromatic rings. The molecule has 0 heterocycles. The van der Waals surface area contributed by atoms with E-state index in [1.54, 1.807) is 37.6 Å². The fourth-order valence-electron chi connectivity index (χ4n) is 1.93. The number of aliphatic imine (C=N–C) groups is 1. The summed E-state index contributed by atoms with van der Waals surface area (Å²) < 4.78 is 11.2. The molecule has 0 aliphatic heterocycles. The lowest BCUT2D eigenvalue weighted by Crippen LogP contribution is -2.11. The molecule has 0 aliphatic carbocycles. The third kappa shape index (κ3) is 4.79. The van der Waals surface area contributed by atoms with E-state index in [0.717, 1.165) is 12.0 Å². The van der Waals surface area contributed by atoms with Gasteiger partial charge in [-0.1, -0.05) is 41.7 Å². The number of benzene rings is 2. The lowest BCUT2D eigenvalue weighted by atomic mass is 10.2. The van der Waals surface area contributed by atoms with Crippen LogP contribution in [0, 0.1) is 0 Å². The zero-order chi connectivity index (χ0) is 17.7. The molecule has 0 N–H and O–H groups in total. The minimum Gasteiger partial charge on any atom is -0.493 e. The molecular formula is C18H18Cl3NO2. The molecule has 0 aromatic heterocycles. The maximum Gasteiger partial charge on any atom is 0.180 e. The second-order valence-corrected chi connectivity index (χ2v) is 6.45. The van der Waals surface area contributed by atoms with Gasteiger partial charge >= 0.3 is 0 Å². The molecule has 1 atom stereocenters. The van der Waals surface area contributed by atoms with Gasteiger partial charge in [0, 0.05) is 6.21 Å². The van der Waals surface area contributed by atoms with Gasteiger partial charge in [-0.25, -0.2) is 0 Å². The van der Waals surface area contributed by atoms with Crippen LogP contribution in [0.4, 0.5) is 5.69 Å². The highest BCUT2D eigenvalue weighted by atomic mass is 35.5. The average Bonchev–Trinajstić information content (AvgIpc) is 2.57. The lowest BCUT2D eigenvalue weighted by molar-refractivity contribution is 0.208. The van der Waals surface area contributed by atoms with Crippen LogP contribution in [0.25, 0.3) is 0 Å². The van der Waals surface area contributed by atoms with E-state index < -0.39 is 0 Å². The summed E-state index contributed by atoms with van der Waals surface area (Å²) in [5.41, 5.74) is 1.49. The number of methoxy groups -OCH3 is 1. The SMILES string of the molecule is CC[C@@H](C)Oc1c(Cl)cc(C=Nc2ccc(Cl)c(Cl)c2)cc1OC. The van der Waals surface area contributed by atoms with E-state index in [0.29, 0.717) is 32.3 Å². The van der Waals surface area contributed by atoms with Gasteiger partial charge in [-0.05, 0) is 49.2 Å². The minimum absolute atomic E-state index is 0.0483. The number of halogens is 3. The fraction of sp³-hybridized carbons (Fsp3) is 0.278. The van der Waals surface area contributed by atoms with Crippen molar-refractivity contribution in [3.63, 3.8) is 0 Å². The van der Waals surface area contributed by atoms with Crippen molar-refractivity contribution in [1.82, 2.24) is 0 Å². The van der Waals surface area contributed by atoms with Crippen LogP contribution in [0.2, 0.25) is 15.1 Å². The molecule has 24 heavy (non-hydrogen) atoms. The van der Waals surface area contributed by atoms with Crippen molar-refractivity contribution in [3.8, 4) is 11.5 Å². The smallest absolute Gasteiger partial charge is 0.180 e. The number of hydrogen-bond donors (Lipinski definition) is 0. The van der Waals surface area contributed by atoms with Crippen LogP contribution >= 0.6 is 34.8 Å². The largest absolute Gasteiger partial charge is 0.493 e. The Balaban J connectivity index is 2.29. The standard InChI is InChI=1S/C18H18Cl3NO2/c1-4-11(2)24-18-16(21)7-12(8-17(18)23-3)10-22-13-5-6-14(19)15(20)9-13/h5-11H,4H2,1-3H3/t11-/m1/s1. The molecule has 0 amide bonds. The van der Waals surface area contributed by atoms with E-state index in [2.05, 4.69) is 4.99 Å². The summed E-state index contributed by atoms with van der Waals surface area (Å²) in [6.07, 6.45) is 2.60. The highest BCUT2D eigenvalue weighted by Gasteiger charge is 2.14. The molecule has 0 spiro atoms. The Morgan fingerprint density at radius 1 is 1.08 bits per heavy atom. The average molecular weight is 387 g/mol. The van der Waals surface area contributed by atoms with Crippen molar-refractivity contribution in [2.24, 2.45) is 4.99 Å². The third-order valence-corrected chi connectivity index (χ3v) is 4.43. The van der Waals surface area contributed by atoms with Crippen molar-refractivity contribution in [2.45, 2.75) is 26.4 Å². The molecule has 3 nitrogen and oxygen atoms in total. The summed E-state index contributed by atoms with van der Waals surface area (Å²) in [6.45, 7) is 4.03. The Labute approximate surface area is 157 Å². The zero-order valence-electron chi connectivity index (χ0n) is 13.6. The first kappa shape index (κ1) is 18.9. The van der Waals surface area contributed by atoms with Crippen LogP contribution in [0.1, 0.15) is 25.8 Å². The maximum absolute atomic E-state index is 6.34. The van der Waals surface area contributed by atoms with E-state index in [4.69, 9.17) is 44.3 Å². The van der Waals surface area contributed by atoms with Gasteiger partial charge in [0.2, 0.25) is 0 Å². The fourth-order valence-corrected chi connectivity index (χ4v) is 2.48. The van der Waals surface area contributed by atoms with E-state index in [1.807, 2.05) is 19.9 Å². The van der Waals surface area contributed by atoms with Crippen LogP contribution in [0.15, 0.2) is 35.3 Å². The summed E-state index contributed by atoms with van der Waals surface area (Å²) >= 11 is 18.2. The molecule has 0 aliphatic rings. The van der Waals surface area contributed by atoms with Gasteiger partial charge in [-0.3, -0.25) is 4.99 Å². The predicted octanol–water partition coefficient (Wildman–Crippen LogP) is 6.58. The van der Waals surface area contributed by atoms with Crippen molar-refractivity contribution in [1.29, 1.82) is 0 Å². The lowest BCUT2D eigenvalue weighted by Gasteiger charge is -2.17. The molecular weight excluding hydrogens is 369 g/mol. The summed E-state index contributed by atoms with van der Waals surface area (Å²) in [5.74, 6) is 1.11. The van der Waals surface area contributed by atoms with Crippen LogP contribution in [0.5, 0.6) is 11.5 Å². The maximum atomic E-state index is 6.34. The van der Waals surface area contributed by atoms with E-state index in [9.17, 15) is 0 Å². The highest BCUT2D eigenvalue weighted by Crippen LogP contribution is 2.37. The first-order valence-corrected chi connectivity index (χ1v) is 8.61. The molecule has 2 rings (SSSR count). The number of ether oxygens (including phenoxy) is 2. The van der Waals surface area contributed by atoms with Crippen LogP contribution in [0.3, 0.4) is 0 Å². The van der Waals surface area contributed by atoms with Crippen molar-refractivity contribution in [2.75, 3.05) is 7.11 Å². The van der Waals surface area contributed by atoms with E-state index >= 15 is 0 Å². The molecule has 0 radical (unpaired) electrons. The number of nitrogens with zero attached hydrogens (tertiary/aromatic N) is 1. The molecule has 2 aromatic carbocycles. The molecule has 6 heteroatoms. The van der Waals surface area contributed by atoms with Gasteiger partial charge in [0.1, 0.15) is 0 Å². The Morgan fingerprint density at radius 2 is 1.83 bits per heavy atom. The molecule has 0 fully saturated rings. The molecule has 0 unspecified atom stereocenters. The van der Waals surface area contributed by atoms with Crippen LogP contribution in [-0.2, 0) is 0 Å². The Morgan fingerprint density at radius 3 is 2.46 bits per heavy atom. The van der Waals surface area contributed by atoms with Crippen LogP contribution in [-0.4, -0.2) is 19.4 Å². The van der Waals surface area contributed by atoms with Gasteiger partial charge in [0.25, 0.3) is 0 Å². The summed E-state index contributed by atoms with van der Waals surface area (Å²) in [7, 11) is 1.58. The van der Waals surface area contributed by atoms with E-state index in [-0.39, 0.29) is 6.10 Å². The molecule has 0 saturated heterocycles. The van der Waals surface area contributed by atoms with Gasteiger partial charge in [0.15, 0.2) is 11.5 Å². The molecule has 0 bridgehead atoms.